The van der Waals surface area contributed by atoms with Gasteiger partial charge in [0, 0.05) is 12.1 Å². The van der Waals surface area contributed by atoms with Gasteiger partial charge in [0.1, 0.15) is 29.7 Å². The summed E-state index contributed by atoms with van der Waals surface area (Å²) in [5.41, 5.74) is 0.307. The zero-order valence-electron chi connectivity index (χ0n) is 15.9. The van der Waals surface area contributed by atoms with Gasteiger partial charge in [-0.15, -0.1) is 0 Å². The van der Waals surface area contributed by atoms with Crippen LogP contribution < -0.4 is 14.8 Å². The molecule has 1 aliphatic heterocycles. The van der Waals surface area contributed by atoms with Crippen LogP contribution in [0.1, 0.15) is 5.56 Å². The number of benzene rings is 2. The molecule has 156 valence electrons. The Kier molecular flexibility index (Phi) is 6.36. The molecule has 1 N–H and O–H groups in total. The smallest absolute Gasteiger partial charge is 0.294 e. The zero-order chi connectivity index (χ0) is 21.8. The summed E-state index contributed by atoms with van der Waals surface area (Å²) < 4.78 is 37.0. The highest BCUT2D eigenvalue weighted by Crippen LogP contribution is 2.33. The van der Waals surface area contributed by atoms with Crippen LogP contribution in [0, 0.1) is 11.6 Å². The molecule has 0 spiro atoms. The number of nitrogens with one attached hydrogen (secondary N) is 1. The number of amides is 3. The SMILES string of the molecule is COc1cc(C=C2SC(=O)N(CC(=O)Nc3ccc(F)cc3F)C2=O)cc(OC)c1. The number of ether oxygens (including phenoxy) is 2. The first-order valence-electron chi connectivity index (χ1n) is 8.54. The molecular weight excluding hydrogens is 418 g/mol. The van der Waals surface area contributed by atoms with Gasteiger partial charge in [-0.05, 0) is 47.7 Å². The van der Waals surface area contributed by atoms with Crippen LogP contribution >= 0.6 is 11.8 Å². The molecule has 1 saturated heterocycles. The molecule has 1 aliphatic rings. The van der Waals surface area contributed by atoms with E-state index in [-0.39, 0.29) is 10.6 Å². The van der Waals surface area contributed by atoms with Crippen LogP contribution in [0.5, 0.6) is 11.5 Å². The largest absolute Gasteiger partial charge is 0.497 e. The fourth-order valence-corrected chi connectivity index (χ4v) is 3.46. The van der Waals surface area contributed by atoms with Crippen LogP contribution in [-0.2, 0) is 9.59 Å². The number of carbonyl (C=O) groups excluding carboxylic acids is 3. The number of imide groups is 1. The number of methoxy groups -OCH3 is 2. The maximum atomic E-state index is 13.7. The Bertz CT molecular complexity index is 1040. The Morgan fingerprint density at radius 1 is 1.10 bits per heavy atom. The second kappa shape index (κ2) is 8.95. The molecule has 0 atom stereocenters. The first-order valence-corrected chi connectivity index (χ1v) is 9.35. The quantitative estimate of drug-likeness (QED) is 0.699. The number of nitrogens with zero attached hydrogens (tertiary/aromatic N) is 1. The van der Waals surface area contributed by atoms with E-state index >= 15 is 0 Å². The third-order valence-electron chi connectivity index (χ3n) is 4.05. The average Bonchev–Trinajstić information content (AvgIpc) is 2.97. The summed E-state index contributed by atoms with van der Waals surface area (Å²) in [4.78, 5) is 37.8. The maximum Gasteiger partial charge on any atom is 0.294 e. The molecule has 10 heteroatoms. The highest BCUT2D eigenvalue weighted by molar-refractivity contribution is 8.18. The minimum absolute atomic E-state index is 0.107. The number of hydrogen-bond acceptors (Lipinski definition) is 6. The highest BCUT2D eigenvalue weighted by Gasteiger charge is 2.36. The number of hydrogen-bond donors (Lipinski definition) is 1. The van der Waals surface area contributed by atoms with Crippen molar-refractivity contribution < 1.29 is 32.6 Å². The fraction of sp³-hybridized carbons (Fsp3) is 0.150. The molecule has 30 heavy (non-hydrogen) atoms. The van der Waals surface area contributed by atoms with Crippen molar-refractivity contribution in [2.45, 2.75) is 0 Å². The van der Waals surface area contributed by atoms with Gasteiger partial charge in [0.2, 0.25) is 5.91 Å². The predicted octanol–water partition coefficient (Wildman–Crippen LogP) is 3.66. The predicted molar refractivity (Wildman–Crippen MR) is 107 cm³/mol. The molecule has 7 nitrogen and oxygen atoms in total. The first-order chi connectivity index (χ1) is 14.3. The molecular formula is C20H16F2N2O5S. The summed E-state index contributed by atoms with van der Waals surface area (Å²) >= 11 is 0.670. The van der Waals surface area contributed by atoms with E-state index in [1.54, 1.807) is 18.2 Å². The van der Waals surface area contributed by atoms with E-state index in [9.17, 15) is 23.2 Å². The third kappa shape index (κ3) is 4.77. The lowest BCUT2D eigenvalue weighted by atomic mass is 10.2. The number of rotatable bonds is 6. The van der Waals surface area contributed by atoms with Crippen LogP contribution in [0.15, 0.2) is 41.3 Å². The second-order valence-corrected chi connectivity index (χ2v) is 7.08. The number of anilines is 1. The van der Waals surface area contributed by atoms with Gasteiger partial charge >= 0.3 is 0 Å². The third-order valence-corrected chi connectivity index (χ3v) is 4.96. The van der Waals surface area contributed by atoms with Crippen molar-refractivity contribution in [1.82, 2.24) is 4.90 Å². The molecule has 1 fully saturated rings. The maximum absolute atomic E-state index is 13.7. The summed E-state index contributed by atoms with van der Waals surface area (Å²) in [6.07, 6.45) is 1.48. The Balaban J connectivity index is 1.74. The fourth-order valence-electron chi connectivity index (χ4n) is 2.62. The van der Waals surface area contributed by atoms with Crippen molar-refractivity contribution in [3.8, 4) is 11.5 Å². The summed E-state index contributed by atoms with van der Waals surface area (Å²) in [7, 11) is 2.96. The van der Waals surface area contributed by atoms with E-state index in [1.165, 1.54) is 20.3 Å². The Labute approximate surface area is 174 Å². The van der Waals surface area contributed by atoms with Gasteiger partial charge in [0.25, 0.3) is 11.1 Å². The lowest BCUT2D eigenvalue weighted by Crippen LogP contribution is -2.36. The Morgan fingerprint density at radius 3 is 2.37 bits per heavy atom. The average molecular weight is 434 g/mol. The number of carbonyl (C=O) groups is 3. The molecule has 0 aromatic heterocycles. The normalized spacial score (nSPS) is 14.9. The van der Waals surface area contributed by atoms with Crippen LogP contribution in [0.3, 0.4) is 0 Å². The van der Waals surface area contributed by atoms with Crippen LogP contribution in [0.4, 0.5) is 19.3 Å². The molecule has 2 aromatic carbocycles. The van der Waals surface area contributed by atoms with E-state index in [0.29, 0.717) is 34.9 Å². The summed E-state index contributed by atoms with van der Waals surface area (Å²) in [5.74, 6) is -2.23. The molecule has 0 bridgehead atoms. The summed E-state index contributed by atoms with van der Waals surface area (Å²) in [5, 5.41) is 1.57. The molecule has 0 unspecified atom stereocenters. The zero-order valence-corrected chi connectivity index (χ0v) is 16.7. The van der Waals surface area contributed by atoms with Crippen LogP contribution in [-0.4, -0.2) is 42.7 Å². The summed E-state index contributed by atoms with van der Waals surface area (Å²) in [6.45, 7) is -0.611. The van der Waals surface area contributed by atoms with E-state index in [2.05, 4.69) is 5.32 Å². The lowest BCUT2D eigenvalue weighted by molar-refractivity contribution is -0.127. The van der Waals surface area contributed by atoms with Crippen molar-refractivity contribution in [2.24, 2.45) is 0 Å². The molecule has 0 aliphatic carbocycles. The molecule has 3 rings (SSSR count). The van der Waals surface area contributed by atoms with Gasteiger partial charge in [-0.3, -0.25) is 19.3 Å². The molecule has 2 aromatic rings. The number of thioether (sulfide) groups is 1. The van der Waals surface area contributed by atoms with Gasteiger partial charge in [-0.2, -0.15) is 0 Å². The lowest BCUT2D eigenvalue weighted by Gasteiger charge is -2.12. The number of halogens is 2. The second-order valence-electron chi connectivity index (χ2n) is 6.09. The van der Waals surface area contributed by atoms with Gasteiger partial charge in [-0.1, -0.05) is 0 Å². The van der Waals surface area contributed by atoms with Crippen molar-refractivity contribution in [2.75, 3.05) is 26.1 Å². The van der Waals surface area contributed by atoms with Crippen molar-refractivity contribution in [3.05, 3.63) is 58.5 Å². The summed E-state index contributed by atoms with van der Waals surface area (Å²) in [6, 6.07) is 7.60. The van der Waals surface area contributed by atoms with Gasteiger partial charge in [0.05, 0.1) is 24.8 Å². The van der Waals surface area contributed by atoms with E-state index in [0.717, 1.165) is 17.0 Å². The standard InChI is InChI=1S/C20H16F2N2O5S/c1-28-13-5-11(6-14(9-13)29-2)7-17-19(26)24(20(27)30-17)10-18(25)23-16-4-3-12(21)8-15(16)22/h3-9H,10H2,1-2H3,(H,23,25). The van der Waals surface area contributed by atoms with Gasteiger partial charge < -0.3 is 14.8 Å². The molecule has 0 radical (unpaired) electrons. The Morgan fingerprint density at radius 2 is 1.77 bits per heavy atom. The van der Waals surface area contributed by atoms with E-state index < -0.39 is 35.2 Å². The topological polar surface area (TPSA) is 84.9 Å². The first kappa shape index (κ1) is 21.3. The Hall–Kier alpha value is -3.40. The molecule has 1 heterocycles. The van der Waals surface area contributed by atoms with Gasteiger partial charge in [0.15, 0.2) is 0 Å². The minimum atomic E-state index is -0.968. The minimum Gasteiger partial charge on any atom is -0.497 e. The molecule has 0 saturated carbocycles. The van der Waals surface area contributed by atoms with Crippen LogP contribution in [0.25, 0.3) is 6.08 Å². The molecule has 3 amide bonds. The van der Waals surface area contributed by atoms with Crippen molar-refractivity contribution in [1.29, 1.82) is 0 Å². The van der Waals surface area contributed by atoms with E-state index in [4.69, 9.17) is 9.47 Å². The van der Waals surface area contributed by atoms with Gasteiger partial charge in [-0.25, -0.2) is 8.78 Å². The van der Waals surface area contributed by atoms with Crippen molar-refractivity contribution >= 4 is 40.6 Å². The van der Waals surface area contributed by atoms with Crippen LogP contribution in [0.2, 0.25) is 0 Å². The van der Waals surface area contributed by atoms with E-state index in [1.807, 2.05) is 0 Å². The monoisotopic (exact) mass is 434 g/mol. The highest BCUT2D eigenvalue weighted by atomic mass is 32.2. The van der Waals surface area contributed by atoms with Crippen molar-refractivity contribution in [3.63, 3.8) is 0 Å².